The van der Waals surface area contributed by atoms with Crippen molar-refractivity contribution in [3.8, 4) is 11.8 Å². The van der Waals surface area contributed by atoms with Crippen LogP contribution in [-0.4, -0.2) is 48.6 Å². The van der Waals surface area contributed by atoms with Crippen LogP contribution in [0.1, 0.15) is 27.0 Å². The van der Waals surface area contributed by atoms with Crippen molar-refractivity contribution in [2.45, 2.75) is 12.5 Å². The third-order valence-electron chi connectivity index (χ3n) is 5.35. The number of carbonyl (C=O) groups is 3. The first-order chi connectivity index (χ1) is 18.0. The maximum Gasteiger partial charge on any atom is 0.267 e. The van der Waals surface area contributed by atoms with Crippen molar-refractivity contribution in [1.29, 1.82) is 0 Å². The van der Waals surface area contributed by atoms with Crippen molar-refractivity contribution in [3.05, 3.63) is 101 Å². The minimum atomic E-state index is -1.04. The molecule has 9 nitrogen and oxygen atoms in total. The van der Waals surface area contributed by atoms with Crippen molar-refractivity contribution < 1.29 is 19.6 Å². The van der Waals surface area contributed by atoms with Gasteiger partial charge in [0.2, 0.25) is 5.91 Å². The molecule has 0 unspecified atom stereocenters. The number of amides is 3. The lowest BCUT2D eigenvalue weighted by Crippen LogP contribution is -2.50. The first kappa shape index (κ1) is 27.1. The fraction of sp³-hybridized carbons (Fsp3) is 0.179. The fourth-order valence-electron chi connectivity index (χ4n) is 3.32. The van der Waals surface area contributed by atoms with E-state index in [1.54, 1.807) is 36.4 Å². The summed E-state index contributed by atoms with van der Waals surface area (Å²) in [6.07, 6.45) is 0.857. The normalized spacial score (nSPS) is 11.0. The Morgan fingerprint density at radius 2 is 1.49 bits per heavy atom. The highest BCUT2D eigenvalue weighted by Gasteiger charge is 2.19. The Morgan fingerprint density at radius 3 is 2.08 bits per heavy atom. The van der Waals surface area contributed by atoms with Gasteiger partial charge in [-0.05, 0) is 67.1 Å². The third kappa shape index (κ3) is 8.91. The van der Waals surface area contributed by atoms with Gasteiger partial charge in [-0.25, -0.2) is 5.48 Å². The van der Waals surface area contributed by atoms with Gasteiger partial charge in [0.15, 0.2) is 0 Å². The summed E-state index contributed by atoms with van der Waals surface area (Å²) in [6, 6.07) is 22.8. The molecule has 190 valence electrons. The topological polar surface area (TPSA) is 146 Å². The number of hydrogen-bond acceptors (Lipinski definition) is 6. The van der Waals surface area contributed by atoms with Crippen LogP contribution >= 0.6 is 0 Å². The molecule has 0 aliphatic heterocycles. The van der Waals surface area contributed by atoms with E-state index in [1.807, 2.05) is 30.3 Å². The number of nitrogens with two attached hydrogens (primary N) is 1. The van der Waals surface area contributed by atoms with Crippen LogP contribution in [0, 0.1) is 11.8 Å². The van der Waals surface area contributed by atoms with E-state index in [4.69, 9.17) is 10.9 Å². The molecule has 3 aromatic carbocycles. The molecule has 0 aliphatic rings. The van der Waals surface area contributed by atoms with E-state index < -0.39 is 17.9 Å². The first-order valence-corrected chi connectivity index (χ1v) is 11.7. The predicted molar refractivity (Wildman–Crippen MR) is 141 cm³/mol. The number of hydrogen-bond donors (Lipinski definition) is 6. The summed E-state index contributed by atoms with van der Waals surface area (Å²) in [6.45, 7) is 0.784. The van der Waals surface area contributed by atoms with Gasteiger partial charge >= 0.3 is 0 Å². The van der Waals surface area contributed by atoms with Gasteiger partial charge in [-0.1, -0.05) is 42.2 Å². The van der Waals surface area contributed by atoms with E-state index in [-0.39, 0.29) is 19.0 Å². The van der Waals surface area contributed by atoms with E-state index in [9.17, 15) is 14.4 Å². The maximum atomic E-state index is 12.3. The molecule has 37 heavy (non-hydrogen) atoms. The van der Waals surface area contributed by atoms with Gasteiger partial charge in [0, 0.05) is 28.9 Å². The van der Waals surface area contributed by atoms with Gasteiger partial charge < -0.3 is 21.7 Å². The molecule has 3 amide bonds. The van der Waals surface area contributed by atoms with Gasteiger partial charge in [0.1, 0.15) is 6.04 Å². The average Bonchev–Trinajstić information content (AvgIpc) is 2.94. The molecule has 7 N–H and O–H groups in total. The molecule has 0 heterocycles. The van der Waals surface area contributed by atoms with E-state index in [1.165, 1.54) is 11.0 Å². The standard InChI is InChI=1S/C28H29N5O4/c29-18-25(28(36)33-37)32-27(35)23-12-8-21(9-13-23)6-7-22-10-14-24(15-11-22)31-26(34)19-30-17-16-20-4-2-1-3-5-20/h1-5,8-15,25,30,37H,16-19,29H2,(H,31,34)(H,32,35)(H,33,36)/t25-/m0/s1. The number of carbonyl (C=O) groups excluding carboxylic acids is 3. The second kappa shape index (κ2) is 14.2. The molecule has 0 fully saturated rings. The van der Waals surface area contributed by atoms with Gasteiger partial charge in [-0.15, -0.1) is 0 Å². The van der Waals surface area contributed by atoms with Gasteiger partial charge in [0.05, 0.1) is 6.54 Å². The number of rotatable bonds is 10. The van der Waals surface area contributed by atoms with Crippen molar-refractivity contribution in [2.75, 3.05) is 25.0 Å². The minimum absolute atomic E-state index is 0.120. The second-order valence-corrected chi connectivity index (χ2v) is 8.10. The predicted octanol–water partition coefficient (Wildman–Crippen LogP) is 1.42. The molecule has 0 saturated carbocycles. The van der Waals surface area contributed by atoms with Gasteiger partial charge in [-0.3, -0.25) is 19.6 Å². The maximum absolute atomic E-state index is 12.3. The molecule has 9 heteroatoms. The number of nitrogens with one attached hydrogen (secondary N) is 4. The van der Waals surface area contributed by atoms with E-state index >= 15 is 0 Å². The van der Waals surface area contributed by atoms with E-state index in [2.05, 4.69) is 39.9 Å². The molecule has 1 atom stereocenters. The van der Waals surface area contributed by atoms with Crippen LogP contribution in [0.2, 0.25) is 0 Å². The number of benzene rings is 3. The molecule has 0 aliphatic carbocycles. The highest BCUT2D eigenvalue weighted by Crippen LogP contribution is 2.09. The number of hydroxylamine groups is 1. The fourth-order valence-corrected chi connectivity index (χ4v) is 3.32. The summed E-state index contributed by atoms with van der Waals surface area (Å²) in [5.74, 6) is 4.65. The lowest BCUT2D eigenvalue weighted by atomic mass is 10.1. The minimum Gasteiger partial charge on any atom is -0.339 e. The zero-order chi connectivity index (χ0) is 26.5. The Labute approximate surface area is 215 Å². The summed E-state index contributed by atoms with van der Waals surface area (Å²) in [5.41, 5.74) is 10.6. The number of anilines is 1. The molecule has 0 saturated heterocycles. The zero-order valence-corrected chi connectivity index (χ0v) is 20.2. The van der Waals surface area contributed by atoms with Crippen LogP contribution in [0.4, 0.5) is 5.69 Å². The zero-order valence-electron chi connectivity index (χ0n) is 20.2. The Kier molecular flexibility index (Phi) is 10.4. The Balaban J connectivity index is 1.46. The van der Waals surface area contributed by atoms with Crippen molar-refractivity contribution in [2.24, 2.45) is 5.73 Å². The van der Waals surface area contributed by atoms with Crippen LogP contribution in [0.5, 0.6) is 0 Å². The summed E-state index contributed by atoms with van der Waals surface area (Å²) in [4.78, 5) is 35.9. The summed E-state index contributed by atoms with van der Waals surface area (Å²) in [7, 11) is 0. The van der Waals surface area contributed by atoms with E-state index in [0.29, 0.717) is 23.4 Å². The Bertz CT molecular complexity index is 1250. The third-order valence-corrected chi connectivity index (χ3v) is 5.35. The van der Waals surface area contributed by atoms with Crippen LogP contribution in [-0.2, 0) is 16.0 Å². The molecule has 0 aromatic heterocycles. The smallest absolute Gasteiger partial charge is 0.267 e. The van der Waals surface area contributed by atoms with Crippen molar-refractivity contribution >= 4 is 23.4 Å². The second-order valence-electron chi connectivity index (χ2n) is 8.10. The highest BCUT2D eigenvalue weighted by atomic mass is 16.5. The first-order valence-electron chi connectivity index (χ1n) is 11.7. The molecule has 3 rings (SSSR count). The largest absolute Gasteiger partial charge is 0.339 e. The van der Waals surface area contributed by atoms with Crippen molar-refractivity contribution in [3.63, 3.8) is 0 Å². The molecule has 0 radical (unpaired) electrons. The van der Waals surface area contributed by atoms with Crippen molar-refractivity contribution in [1.82, 2.24) is 16.1 Å². The van der Waals surface area contributed by atoms with Gasteiger partial charge in [-0.2, -0.15) is 0 Å². The quantitative estimate of drug-likeness (QED) is 0.108. The summed E-state index contributed by atoms with van der Waals surface area (Å²) in [5, 5.41) is 17.1. The molecular weight excluding hydrogens is 470 g/mol. The lowest BCUT2D eigenvalue weighted by molar-refractivity contribution is -0.130. The van der Waals surface area contributed by atoms with E-state index in [0.717, 1.165) is 12.0 Å². The van der Waals surface area contributed by atoms with Crippen LogP contribution in [0.25, 0.3) is 0 Å². The molecular formula is C28H29N5O4. The monoisotopic (exact) mass is 499 g/mol. The molecule has 0 spiro atoms. The lowest BCUT2D eigenvalue weighted by Gasteiger charge is -2.14. The summed E-state index contributed by atoms with van der Waals surface area (Å²) < 4.78 is 0. The summed E-state index contributed by atoms with van der Waals surface area (Å²) >= 11 is 0. The van der Waals surface area contributed by atoms with Gasteiger partial charge in [0.25, 0.3) is 11.8 Å². The molecule has 3 aromatic rings. The Hall–Kier alpha value is -4.49. The van der Waals surface area contributed by atoms with Crippen LogP contribution in [0.3, 0.4) is 0 Å². The average molecular weight is 500 g/mol. The van der Waals surface area contributed by atoms with Crippen LogP contribution in [0.15, 0.2) is 78.9 Å². The Morgan fingerprint density at radius 1 is 0.865 bits per heavy atom. The SMILES string of the molecule is NC[C@H](NC(=O)c1ccc(C#Cc2ccc(NC(=O)CNCCc3ccccc3)cc2)cc1)C(=O)NO. The highest BCUT2D eigenvalue weighted by molar-refractivity contribution is 5.97. The molecule has 0 bridgehead atoms. The van der Waals surface area contributed by atoms with Crippen LogP contribution < -0.4 is 27.2 Å².